The van der Waals surface area contributed by atoms with Gasteiger partial charge in [0.05, 0.1) is 20.3 Å². The van der Waals surface area contributed by atoms with Crippen molar-refractivity contribution in [3.05, 3.63) is 59.7 Å². The highest BCUT2D eigenvalue weighted by Gasteiger charge is 2.07. The van der Waals surface area contributed by atoms with Crippen molar-refractivity contribution < 1.29 is 19.3 Å². The second-order valence-corrected chi connectivity index (χ2v) is 6.59. The summed E-state index contributed by atoms with van der Waals surface area (Å²) in [6.07, 6.45) is 1.71. The van der Waals surface area contributed by atoms with Gasteiger partial charge in [-0.3, -0.25) is 0 Å². The van der Waals surface area contributed by atoms with Gasteiger partial charge in [-0.15, -0.1) is 0 Å². The fraction of sp³-hybridized carbons (Fsp3) is 0.348. The molecule has 2 aromatic rings. The molecule has 0 aliphatic carbocycles. The zero-order valence-electron chi connectivity index (χ0n) is 17.1. The standard InChI is InChI=1S/C23H28N2O4/c1-17(10-12-24)19-5-7-21(8-6-19)29-16-20(26)15-25-13-11-18-4-9-22(27-2)23(14-18)28-3/h4-10,14,20,25-26H,11,13,15-16H2,1-3H3/b17-10-. The largest absolute Gasteiger partial charge is 0.493 e. The summed E-state index contributed by atoms with van der Waals surface area (Å²) in [7, 11) is 3.23. The summed E-state index contributed by atoms with van der Waals surface area (Å²) in [4.78, 5) is 0. The van der Waals surface area contributed by atoms with Crippen LogP contribution in [0.5, 0.6) is 17.2 Å². The van der Waals surface area contributed by atoms with Crippen molar-refractivity contribution in [3.63, 3.8) is 0 Å². The Bertz CT molecular complexity index is 841. The first kappa shape index (κ1) is 22.3. The van der Waals surface area contributed by atoms with E-state index in [-0.39, 0.29) is 6.61 Å². The van der Waals surface area contributed by atoms with Gasteiger partial charge in [0.2, 0.25) is 0 Å². The van der Waals surface area contributed by atoms with Gasteiger partial charge in [0.25, 0.3) is 0 Å². The first-order chi connectivity index (χ1) is 14.1. The molecule has 0 radical (unpaired) electrons. The zero-order valence-corrected chi connectivity index (χ0v) is 17.1. The summed E-state index contributed by atoms with van der Waals surface area (Å²) >= 11 is 0. The van der Waals surface area contributed by atoms with Crippen molar-refractivity contribution in [2.24, 2.45) is 0 Å². The summed E-state index contributed by atoms with van der Waals surface area (Å²) in [6, 6.07) is 15.3. The first-order valence-corrected chi connectivity index (χ1v) is 9.46. The van der Waals surface area contributed by atoms with Gasteiger partial charge in [0, 0.05) is 12.6 Å². The molecule has 0 saturated carbocycles. The van der Waals surface area contributed by atoms with E-state index in [9.17, 15) is 5.11 Å². The summed E-state index contributed by atoms with van der Waals surface area (Å²) in [5.74, 6) is 2.10. The van der Waals surface area contributed by atoms with E-state index in [1.165, 1.54) is 6.08 Å². The van der Waals surface area contributed by atoms with Crippen LogP contribution in [0.1, 0.15) is 18.1 Å². The average molecular weight is 396 g/mol. The minimum absolute atomic E-state index is 0.204. The van der Waals surface area contributed by atoms with Gasteiger partial charge in [-0.1, -0.05) is 18.2 Å². The summed E-state index contributed by atoms with van der Waals surface area (Å²) in [5.41, 5.74) is 3.00. The number of benzene rings is 2. The van der Waals surface area contributed by atoms with Crippen LogP contribution >= 0.6 is 0 Å². The number of allylic oxidation sites excluding steroid dienone is 2. The number of hydrogen-bond acceptors (Lipinski definition) is 6. The molecular weight excluding hydrogens is 368 g/mol. The highest BCUT2D eigenvalue weighted by atomic mass is 16.5. The van der Waals surface area contributed by atoms with Gasteiger partial charge in [-0.2, -0.15) is 5.26 Å². The molecule has 1 atom stereocenters. The number of nitrogens with one attached hydrogen (secondary N) is 1. The third kappa shape index (κ3) is 7.15. The fourth-order valence-corrected chi connectivity index (χ4v) is 2.78. The topological polar surface area (TPSA) is 83.7 Å². The molecule has 0 aliphatic rings. The quantitative estimate of drug-likeness (QED) is 0.448. The number of aliphatic hydroxyl groups excluding tert-OH is 1. The molecule has 0 aliphatic heterocycles. The van der Waals surface area contributed by atoms with Crippen LogP contribution in [0.2, 0.25) is 0 Å². The number of methoxy groups -OCH3 is 2. The van der Waals surface area contributed by atoms with Crippen LogP contribution in [0.15, 0.2) is 48.5 Å². The van der Waals surface area contributed by atoms with Crippen LogP contribution < -0.4 is 19.5 Å². The molecule has 6 heteroatoms. The highest BCUT2D eigenvalue weighted by Crippen LogP contribution is 2.27. The Morgan fingerprint density at radius 3 is 2.52 bits per heavy atom. The van der Waals surface area contributed by atoms with E-state index in [2.05, 4.69) is 5.32 Å². The van der Waals surface area contributed by atoms with Crippen molar-refractivity contribution in [3.8, 4) is 23.3 Å². The van der Waals surface area contributed by atoms with E-state index in [1.807, 2.05) is 55.5 Å². The Balaban J connectivity index is 1.70. The van der Waals surface area contributed by atoms with E-state index >= 15 is 0 Å². The molecule has 29 heavy (non-hydrogen) atoms. The molecule has 2 rings (SSSR count). The molecule has 0 amide bonds. The van der Waals surface area contributed by atoms with E-state index in [0.717, 1.165) is 29.7 Å². The molecule has 1 unspecified atom stereocenters. The van der Waals surface area contributed by atoms with Gasteiger partial charge in [-0.25, -0.2) is 0 Å². The third-order valence-electron chi connectivity index (χ3n) is 4.45. The predicted molar refractivity (Wildman–Crippen MR) is 113 cm³/mol. The van der Waals surface area contributed by atoms with Gasteiger partial charge >= 0.3 is 0 Å². The Kier molecular flexibility index (Phi) is 9.03. The van der Waals surface area contributed by atoms with Crippen LogP contribution in [-0.2, 0) is 6.42 Å². The monoisotopic (exact) mass is 396 g/mol. The minimum atomic E-state index is -0.611. The Labute approximate surface area is 172 Å². The minimum Gasteiger partial charge on any atom is -0.493 e. The van der Waals surface area contributed by atoms with Crippen LogP contribution in [0, 0.1) is 11.3 Å². The molecular formula is C23H28N2O4. The first-order valence-electron chi connectivity index (χ1n) is 9.46. The molecule has 2 N–H and O–H groups in total. The maximum absolute atomic E-state index is 10.1. The molecule has 0 aromatic heterocycles. The van der Waals surface area contributed by atoms with Gasteiger partial charge in [0.15, 0.2) is 11.5 Å². The lowest BCUT2D eigenvalue weighted by molar-refractivity contribution is 0.106. The summed E-state index contributed by atoms with van der Waals surface area (Å²) in [5, 5.41) is 22.0. The number of hydrogen-bond donors (Lipinski definition) is 2. The Morgan fingerprint density at radius 2 is 1.86 bits per heavy atom. The van der Waals surface area contributed by atoms with Crippen LogP contribution in [0.4, 0.5) is 0 Å². The number of ether oxygens (including phenoxy) is 3. The Morgan fingerprint density at radius 1 is 1.14 bits per heavy atom. The number of nitrogens with zero attached hydrogens (tertiary/aromatic N) is 1. The van der Waals surface area contributed by atoms with Crippen molar-refractivity contribution in [1.82, 2.24) is 5.32 Å². The van der Waals surface area contributed by atoms with Crippen molar-refractivity contribution in [2.45, 2.75) is 19.4 Å². The lowest BCUT2D eigenvalue weighted by Gasteiger charge is -2.14. The summed E-state index contributed by atoms with van der Waals surface area (Å²) < 4.78 is 16.2. The van der Waals surface area contributed by atoms with E-state index in [4.69, 9.17) is 19.5 Å². The fourth-order valence-electron chi connectivity index (χ4n) is 2.78. The maximum Gasteiger partial charge on any atom is 0.160 e. The lowest BCUT2D eigenvalue weighted by atomic mass is 10.1. The predicted octanol–water partition coefficient (Wildman–Crippen LogP) is 3.20. The molecule has 0 bridgehead atoms. The lowest BCUT2D eigenvalue weighted by Crippen LogP contribution is -2.32. The average Bonchev–Trinajstić information content (AvgIpc) is 2.75. The van der Waals surface area contributed by atoms with Crippen molar-refractivity contribution >= 4 is 5.57 Å². The number of nitriles is 1. The second-order valence-electron chi connectivity index (χ2n) is 6.59. The number of rotatable bonds is 11. The second kappa shape index (κ2) is 11.7. The number of aliphatic hydroxyl groups is 1. The van der Waals surface area contributed by atoms with Crippen LogP contribution in [0.25, 0.3) is 5.57 Å². The molecule has 0 spiro atoms. The van der Waals surface area contributed by atoms with Crippen molar-refractivity contribution in [2.75, 3.05) is 33.9 Å². The molecule has 0 saturated heterocycles. The molecule has 154 valence electrons. The van der Waals surface area contributed by atoms with E-state index in [0.29, 0.717) is 23.8 Å². The highest BCUT2D eigenvalue weighted by molar-refractivity contribution is 5.66. The van der Waals surface area contributed by atoms with Gasteiger partial charge in [0.1, 0.15) is 18.5 Å². The maximum atomic E-state index is 10.1. The molecule has 0 heterocycles. The SMILES string of the molecule is COc1ccc(CCNCC(O)COc2ccc(/C(C)=C\C#N)cc2)cc1OC. The van der Waals surface area contributed by atoms with Crippen molar-refractivity contribution in [1.29, 1.82) is 5.26 Å². The van der Waals surface area contributed by atoms with Crippen LogP contribution in [-0.4, -0.2) is 45.1 Å². The van der Waals surface area contributed by atoms with Crippen LogP contribution in [0.3, 0.4) is 0 Å². The Hall–Kier alpha value is -3.01. The molecule has 0 fully saturated rings. The molecule has 2 aromatic carbocycles. The van der Waals surface area contributed by atoms with E-state index in [1.54, 1.807) is 14.2 Å². The molecule has 6 nitrogen and oxygen atoms in total. The smallest absolute Gasteiger partial charge is 0.160 e. The zero-order chi connectivity index (χ0) is 21.1. The van der Waals surface area contributed by atoms with Gasteiger partial charge in [-0.05, 0) is 60.9 Å². The normalized spacial score (nSPS) is 12.2. The van der Waals surface area contributed by atoms with E-state index < -0.39 is 6.10 Å². The van der Waals surface area contributed by atoms with Gasteiger partial charge < -0.3 is 24.6 Å². The summed E-state index contributed by atoms with van der Waals surface area (Å²) in [6.45, 7) is 3.26. The third-order valence-corrected chi connectivity index (χ3v) is 4.45.